The summed E-state index contributed by atoms with van der Waals surface area (Å²) in [6.45, 7) is 2.48. The summed E-state index contributed by atoms with van der Waals surface area (Å²) in [7, 11) is 3.39. The Bertz CT molecular complexity index is 787. The molecule has 2 aliphatic heterocycles. The molecule has 1 fully saturated rings. The smallest absolute Gasteiger partial charge is 0.130 e. The molecule has 4 heteroatoms. The van der Waals surface area contributed by atoms with Gasteiger partial charge < -0.3 is 14.2 Å². The zero-order valence-electron chi connectivity index (χ0n) is 15.4. The number of ether oxygens (including phenoxy) is 3. The standard InChI is InChI=1S/C22H25NO3/c1-24-20-8-9-21(22(12-20)25-2)17-10-18-14-26-15-19(11-17)23(18)13-16-6-4-3-5-7-16/h3-10,12,18-19H,11,13-15H2,1-2H3. The third-order valence-electron chi connectivity index (χ3n) is 5.31. The van der Waals surface area contributed by atoms with E-state index in [1.807, 2.05) is 12.1 Å². The molecule has 2 aromatic rings. The average molecular weight is 351 g/mol. The molecule has 26 heavy (non-hydrogen) atoms. The summed E-state index contributed by atoms with van der Waals surface area (Å²) in [4.78, 5) is 2.57. The van der Waals surface area contributed by atoms with E-state index in [0.717, 1.165) is 43.2 Å². The average Bonchev–Trinajstić information content (AvgIpc) is 2.68. The van der Waals surface area contributed by atoms with E-state index in [1.54, 1.807) is 14.2 Å². The SMILES string of the molecule is COc1ccc(C2=CC3COCC(C2)N3Cc2ccccc2)c(OC)c1. The normalized spacial score (nSPS) is 22.6. The molecule has 0 N–H and O–H groups in total. The van der Waals surface area contributed by atoms with E-state index >= 15 is 0 Å². The number of fused-ring (bicyclic) bond motifs is 2. The van der Waals surface area contributed by atoms with E-state index < -0.39 is 0 Å². The number of benzene rings is 2. The van der Waals surface area contributed by atoms with Gasteiger partial charge in [0, 0.05) is 24.2 Å². The van der Waals surface area contributed by atoms with Gasteiger partial charge in [0.25, 0.3) is 0 Å². The Hall–Kier alpha value is -2.30. The van der Waals surface area contributed by atoms with E-state index in [4.69, 9.17) is 14.2 Å². The van der Waals surface area contributed by atoms with Crippen LogP contribution in [0.5, 0.6) is 11.5 Å². The van der Waals surface area contributed by atoms with Gasteiger partial charge in [-0.25, -0.2) is 0 Å². The fraction of sp³-hybridized carbons (Fsp3) is 0.364. The summed E-state index contributed by atoms with van der Waals surface area (Å²) < 4.78 is 16.8. The fourth-order valence-corrected chi connectivity index (χ4v) is 3.97. The molecule has 0 aromatic heterocycles. The number of hydrogen-bond donors (Lipinski definition) is 0. The molecule has 1 saturated heterocycles. The Morgan fingerprint density at radius 1 is 1.04 bits per heavy atom. The van der Waals surface area contributed by atoms with Crippen LogP contribution in [0.2, 0.25) is 0 Å². The van der Waals surface area contributed by atoms with Crippen molar-refractivity contribution in [3.8, 4) is 11.5 Å². The lowest BCUT2D eigenvalue weighted by molar-refractivity contribution is -0.0403. The molecule has 2 unspecified atom stereocenters. The van der Waals surface area contributed by atoms with Crippen LogP contribution in [0.15, 0.2) is 54.6 Å². The van der Waals surface area contributed by atoms with Gasteiger partial charge in [0.1, 0.15) is 11.5 Å². The minimum absolute atomic E-state index is 0.296. The maximum absolute atomic E-state index is 5.84. The third kappa shape index (κ3) is 3.35. The van der Waals surface area contributed by atoms with Crippen molar-refractivity contribution in [2.75, 3.05) is 27.4 Å². The van der Waals surface area contributed by atoms with Crippen molar-refractivity contribution >= 4 is 5.57 Å². The molecule has 2 aliphatic rings. The van der Waals surface area contributed by atoms with Gasteiger partial charge in [-0.05, 0) is 29.7 Å². The molecule has 4 rings (SSSR count). The van der Waals surface area contributed by atoms with Crippen molar-refractivity contribution in [1.82, 2.24) is 4.90 Å². The van der Waals surface area contributed by atoms with E-state index in [-0.39, 0.29) is 0 Å². The van der Waals surface area contributed by atoms with Gasteiger partial charge in [0.2, 0.25) is 0 Å². The minimum atomic E-state index is 0.296. The Balaban J connectivity index is 1.62. The zero-order valence-corrected chi connectivity index (χ0v) is 15.4. The van der Waals surface area contributed by atoms with Crippen LogP contribution in [0, 0.1) is 0 Å². The molecule has 0 spiro atoms. The van der Waals surface area contributed by atoms with Gasteiger partial charge in [-0.3, -0.25) is 4.90 Å². The van der Waals surface area contributed by atoms with Crippen LogP contribution in [-0.4, -0.2) is 44.4 Å². The van der Waals surface area contributed by atoms with Crippen LogP contribution in [0.1, 0.15) is 17.5 Å². The number of rotatable bonds is 5. The van der Waals surface area contributed by atoms with E-state index in [1.165, 1.54) is 11.1 Å². The predicted molar refractivity (Wildman–Crippen MR) is 103 cm³/mol. The number of methoxy groups -OCH3 is 2. The summed E-state index contributed by atoms with van der Waals surface area (Å²) in [5, 5.41) is 0. The molecule has 2 heterocycles. The molecule has 0 aliphatic carbocycles. The lowest BCUT2D eigenvalue weighted by atomic mass is 9.89. The topological polar surface area (TPSA) is 30.9 Å². The molecule has 2 atom stereocenters. The highest BCUT2D eigenvalue weighted by Gasteiger charge is 2.35. The van der Waals surface area contributed by atoms with E-state index in [9.17, 15) is 0 Å². The van der Waals surface area contributed by atoms with Crippen molar-refractivity contribution in [3.63, 3.8) is 0 Å². The maximum Gasteiger partial charge on any atom is 0.130 e. The lowest BCUT2D eigenvalue weighted by Crippen LogP contribution is -2.53. The Morgan fingerprint density at radius 2 is 1.88 bits per heavy atom. The van der Waals surface area contributed by atoms with Gasteiger partial charge in [0.05, 0.1) is 33.5 Å². The second kappa shape index (κ2) is 7.52. The highest BCUT2D eigenvalue weighted by molar-refractivity contribution is 5.73. The quantitative estimate of drug-likeness (QED) is 0.821. The van der Waals surface area contributed by atoms with Crippen LogP contribution in [0.25, 0.3) is 5.57 Å². The summed E-state index contributed by atoms with van der Waals surface area (Å²) >= 11 is 0. The van der Waals surface area contributed by atoms with Crippen LogP contribution in [0.4, 0.5) is 0 Å². The first-order valence-corrected chi connectivity index (χ1v) is 9.09. The van der Waals surface area contributed by atoms with Crippen molar-refractivity contribution in [2.45, 2.75) is 25.0 Å². The molecule has 4 nitrogen and oxygen atoms in total. The van der Waals surface area contributed by atoms with Crippen LogP contribution in [0.3, 0.4) is 0 Å². The molecule has 2 bridgehead atoms. The van der Waals surface area contributed by atoms with E-state index in [0.29, 0.717) is 12.1 Å². The first kappa shape index (κ1) is 17.1. The van der Waals surface area contributed by atoms with Crippen LogP contribution >= 0.6 is 0 Å². The second-order valence-electron chi connectivity index (χ2n) is 6.88. The molecule has 0 saturated carbocycles. The van der Waals surface area contributed by atoms with Gasteiger partial charge in [-0.15, -0.1) is 0 Å². The van der Waals surface area contributed by atoms with Crippen molar-refractivity contribution in [1.29, 1.82) is 0 Å². The maximum atomic E-state index is 5.84. The van der Waals surface area contributed by atoms with E-state index in [2.05, 4.69) is 47.4 Å². The Kier molecular flexibility index (Phi) is 4.96. The minimum Gasteiger partial charge on any atom is -0.497 e. The van der Waals surface area contributed by atoms with Gasteiger partial charge >= 0.3 is 0 Å². The van der Waals surface area contributed by atoms with Crippen molar-refractivity contribution < 1.29 is 14.2 Å². The summed E-state index contributed by atoms with van der Waals surface area (Å²) in [6.07, 6.45) is 3.31. The predicted octanol–water partition coefficient (Wildman–Crippen LogP) is 3.76. The summed E-state index contributed by atoms with van der Waals surface area (Å²) in [6, 6.07) is 17.4. The largest absolute Gasteiger partial charge is 0.497 e. The van der Waals surface area contributed by atoms with Crippen LogP contribution in [-0.2, 0) is 11.3 Å². The zero-order chi connectivity index (χ0) is 17.9. The first-order chi connectivity index (χ1) is 12.8. The monoisotopic (exact) mass is 351 g/mol. The molecular formula is C22H25NO3. The number of nitrogens with zero attached hydrogens (tertiary/aromatic N) is 1. The molecular weight excluding hydrogens is 326 g/mol. The second-order valence-corrected chi connectivity index (χ2v) is 6.88. The summed E-state index contributed by atoms with van der Waals surface area (Å²) in [5.41, 5.74) is 3.85. The van der Waals surface area contributed by atoms with Crippen LogP contribution < -0.4 is 9.47 Å². The van der Waals surface area contributed by atoms with Gasteiger partial charge in [0.15, 0.2) is 0 Å². The molecule has 136 valence electrons. The fourth-order valence-electron chi connectivity index (χ4n) is 3.97. The highest BCUT2D eigenvalue weighted by Crippen LogP contribution is 2.38. The Labute approximate surface area is 155 Å². The number of morpholine rings is 1. The lowest BCUT2D eigenvalue weighted by Gasteiger charge is -2.45. The molecule has 0 amide bonds. The first-order valence-electron chi connectivity index (χ1n) is 9.09. The Morgan fingerprint density at radius 3 is 2.62 bits per heavy atom. The van der Waals surface area contributed by atoms with Gasteiger partial charge in [-0.2, -0.15) is 0 Å². The summed E-state index contributed by atoms with van der Waals surface area (Å²) in [5.74, 6) is 1.68. The molecule has 0 radical (unpaired) electrons. The highest BCUT2D eigenvalue weighted by atomic mass is 16.5. The van der Waals surface area contributed by atoms with Gasteiger partial charge in [-0.1, -0.05) is 36.4 Å². The molecule has 2 aromatic carbocycles. The number of hydrogen-bond acceptors (Lipinski definition) is 4. The van der Waals surface area contributed by atoms with Crippen molar-refractivity contribution in [2.24, 2.45) is 0 Å². The van der Waals surface area contributed by atoms with Crippen molar-refractivity contribution in [3.05, 3.63) is 65.7 Å². The third-order valence-corrected chi connectivity index (χ3v) is 5.31.